The number of carbonyl (C=O) groups is 4. The van der Waals surface area contributed by atoms with E-state index in [2.05, 4.69) is 9.47 Å². The predicted octanol–water partition coefficient (Wildman–Crippen LogP) is 1.04. The molecule has 2 unspecified atom stereocenters. The lowest BCUT2D eigenvalue weighted by Gasteiger charge is -2.33. The van der Waals surface area contributed by atoms with Crippen molar-refractivity contribution in [2.75, 3.05) is 0 Å². The molecule has 22 heavy (non-hydrogen) atoms. The van der Waals surface area contributed by atoms with Crippen LogP contribution in [0.1, 0.15) is 37.8 Å². The van der Waals surface area contributed by atoms with Gasteiger partial charge in [0.1, 0.15) is 23.5 Å². The van der Waals surface area contributed by atoms with Gasteiger partial charge in [0.05, 0.1) is 11.1 Å². The zero-order valence-corrected chi connectivity index (χ0v) is 10.5. The number of hydrogen-bond donors (Lipinski definition) is 0. The van der Waals surface area contributed by atoms with Gasteiger partial charge in [-0.15, -0.1) is 0 Å². The minimum Gasteiger partial charge on any atom is -0.389 e. The van der Waals surface area contributed by atoms with Crippen molar-refractivity contribution in [2.24, 2.45) is 0 Å². The van der Waals surface area contributed by atoms with E-state index >= 15 is 0 Å². The molecule has 3 aliphatic rings. The molecule has 0 saturated heterocycles. The fourth-order valence-corrected chi connectivity index (χ4v) is 2.95. The average molecular weight is 306 g/mol. The highest BCUT2D eigenvalue weighted by atomic mass is 19.1. The van der Waals surface area contributed by atoms with E-state index in [0.717, 1.165) is 6.08 Å². The molecule has 2 atom stereocenters. The highest BCUT2D eigenvalue weighted by Crippen LogP contribution is 2.46. The van der Waals surface area contributed by atoms with Gasteiger partial charge in [0.25, 0.3) is 0 Å². The van der Waals surface area contributed by atoms with Gasteiger partial charge in [-0.3, -0.25) is 4.79 Å². The van der Waals surface area contributed by atoms with Gasteiger partial charge < -0.3 is 9.47 Å². The predicted molar refractivity (Wildman–Crippen MR) is 62.9 cm³/mol. The quantitative estimate of drug-likeness (QED) is 0.526. The number of hydrogen-bond acceptors (Lipinski definition) is 6. The standard InChI is InChI=1S/C14H4F2O6/c15-5-1-3-7-8-4(12(18)22-13(19)9(5)8)2-6(16)10(7)14(20)21-11(3)17/h1-2,5,9H. The Morgan fingerprint density at radius 3 is 2.41 bits per heavy atom. The minimum absolute atomic E-state index is 0.201. The van der Waals surface area contributed by atoms with Crippen LogP contribution < -0.4 is 0 Å². The Labute approximate surface area is 120 Å². The SMILES string of the molecule is O=C1OC(=O)c2c(F)cc3c4c2C1=CC(F)C4C(=O)OC3=O. The molecule has 1 aromatic carbocycles. The Bertz CT molecular complexity index is 853. The molecule has 0 bridgehead atoms. The zero-order valence-electron chi connectivity index (χ0n) is 10.5. The summed E-state index contributed by atoms with van der Waals surface area (Å²) in [5.74, 6) is -7.35. The molecule has 0 fully saturated rings. The van der Waals surface area contributed by atoms with Crippen LogP contribution in [0.25, 0.3) is 5.57 Å². The van der Waals surface area contributed by atoms with Crippen LogP contribution in [0.5, 0.6) is 0 Å². The summed E-state index contributed by atoms with van der Waals surface area (Å²) in [5.41, 5.74) is -1.81. The van der Waals surface area contributed by atoms with Crippen molar-refractivity contribution in [3.05, 3.63) is 40.2 Å². The number of esters is 4. The van der Waals surface area contributed by atoms with Gasteiger partial charge in [-0.05, 0) is 17.7 Å². The number of carbonyl (C=O) groups excluding carboxylic acids is 4. The van der Waals surface area contributed by atoms with Crippen LogP contribution in [0.2, 0.25) is 0 Å². The maximum absolute atomic E-state index is 14.2. The molecule has 1 aliphatic carbocycles. The largest absolute Gasteiger partial charge is 0.389 e. The number of cyclic esters (lactones) is 4. The first kappa shape index (κ1) is 12.8. The molecule has 110 valence electrons. The third kappa shape index (κ3) is 1.36. The van der Waals surface area contributed by atoms with Crippen molar-refractivity contribution in [3.8, 4) is 0 Å². The summed E-state index contributed by atoms with van der Waals surface area (Å²) < 4.78 is 37.1. The molecule has 2 aliphatic heterocycles. The van der Waals surface area contributed by atoms with Gasteiger partial charge in [-0.2, -0.15) is 0 Å². The Balaban J connectivity index is 2.18. The van der Waals surface area contributed by atoms with Gasteiger partial charge in [0.2, 0.25) is 0 Å². The number of benzene rings is 1. The van der Waals surface area contributed by atoms with Crippen molar-refractivity contribution in [2.45, 2.75) is 12.1 Å². The molecular weight excluding hydrogens is 302 g/mol. The first-order chi connectivity index (χ1) is 10.4. The first-order valence-electron chi connectivity index (χ1n) is 6.15. The molecule has 8 heteroatoms. The summed E-state index contributed by atoms with van der Waals surface area (Å²) in [4.78, 5) is 46.9. The monoisotopic (exact) mass is 306 g/mol. The van der Waals surface area contributed by atoms with Crippen LogP contribution in [0.4, 0.5) is 8.78 Å². The normalized spacial score (nSPS) is 25.3. The van der Waals surface area contributed by atoms with Crippen molar-refractivity contribution in [1.29, 1.82) is 0 Å². The number of halogens is 2. The number of allylic oxidation sites excluding steroid dienone is 1. The Hall–Kier alpha value is -2.90. The van der Waals surface area contributed by atoms with E-state index in [9.17, 15) is 28.0 Å². The number of alkyl halides is 1. The van der Waals surface area contributed by atoms with E-state index < -0.39 is 47.3 Å². The molecule has 4 rings (SSSR count). The van der Waals surface area contributed by atoms with E-state index in [0.29, 0.717) is 6.07 Å². The molecule has 6 nitrogen and oxygen atoms in total. The summed E-state index contributed by atoms with van der Waals surface area (Å²) in [7, 11) is 0. The molecular formula is C14H4F2O6. The molecule has 0 saturated carbocycles. The Kier molecular flexibility index (Phi) is 2.24. The van der Waals surface area contributed by atoms with Gasteiger partial charge >= 0.3 is 23.9 Å². The average Bonchev–Trinajstić information content (AvgIpc) is 2.43. The van der Waals surface area contributed by atoms with Crippen LogP contribution in [0, 0.1) is 5.82 Å². The highest BCUT2D eigenvalue weighted by molar-refractivity contribution is 6.28. The summed E-state index contributed by atoms with van der Waals surface area (Å²) in [6.07, 6.45) is -1.19. The van der Waals surface area contributed by atoms with E-state index in [1.54, 1.807) is 0 Å². The Morgan fingerprint density at radius 2 is 1.68 bits per heavy atom. The summed E-state index contributed by atoms with van der Waals surface area (Å²) in [6.45, 7) is 0. The van der Waals surface area contributed by atoms with Gasteiger partial charge in [-0.25, -0.2) is 23.2 Å². The van der Waals surface area contributed by atoms with Crippen LogP contribution in [-0.4, -0.2) is 30.0 Å². The number of ether oxygens (including phenoxy) is 2. The molecule has 1 aromatic rings. The second-order valence-electron chi connectivity index (χ2n) is 4.96. The third-order valence-electron chi connectivity index (χ3n) is 3.82. The van der Waals surface area contributed by atoms with Crippen molar-refractivity contribution in [3.63, 3.8) is 0 Å². The van der Waals surface area contributed by atoms with Gasteiger partial charge in [0.15, 0.2) is 0 Å². The molecule has 0 radical (unpaired) electrons. The van der Waals surface area contributed by atoms with Crippen LogP contribution in [-0.2, 0) is 19.1 Å². The van der Waals surface area contributed by atoms with Crippen LogP contribution in [0.15, 0.2) is 12.1 Å². The highest BCUT2D eigenvalue weighted by Gasteiger charge is 2.49. The maximum Gasteiger partial charge on any atom is 0.349 e. The lowest BCUT2D eigenvalue weighted by Crippen LogP contribution is -2.39. The molecule has 0 aromatic heterocycles. The van der Waals surface area contributed by atoms with E-state index in [1.807, 2.05) is 0 Å². The van der Waals surface area contributed by atoms with E-state index in [-0.39, 0.29) is 22.3 Å². The molecule has 0 amide bonds. The fraction of sp³-hybridized carbons (Fsp3) is 0.143. The Morgan fingerprint density at radius 1 is 0.955 bits per heavy atom. The van der Waals surface area contributed by atoms with Gasteiger partial charge in [0, 0.05) is 5.56 Å². The van der Waals surface area contributed by atoms with E-state index in [4.69, 9.17) is 0 Å². The topological polar surface area (TPSA) is 86.7 Å². The molecule has 2 heterocycles. The van der Waals surface area contributed by atoms with Crippen molar-refractivity contribution >= 4 is 29.5 Å². The number of rotatable bonds is 0. The fourth-order valence-electron chi connectivity index (χ4n) is 2.95. The van der Waals surface area contributed by atoms with Crippen molar-refractivity contribution in [1.82, 2.24) is 0 Å². The molecule has 0 N–H and O–H groups in total. The second kappa shape index (κ2) is 3.85. The molecule has 0 spiro atoms. The summed E-state index contributed by atoms with van der Waals surface area (Å²) in [5, 5.41) is 0. The lowest BCUT2D eigenvalue weighted by molar-refractivity contribution is -0.142. The van der Waals surface area contributed by atoms with Gasteiger partial charge in [-0.1, -0.05) is 0 Å². The van der Waals surface area contributed by atoms with Crippen molar-refractivity contribution < 1.29 is 37.4 Å². The zero-order chi connectivity index (χ0) is 15.8. The minimum atomic E-state index is -1.96. The summed E-state index contributed by atoms with van der Waals surface area (Å²) >= 11 is 0. The third-order valence-corrected chi connectivity index (χ3v) is 3.82. The van der Waals surface area contributed by atoms with Crippen LogP contribution in [0.3, 0.4) is 0 Å². The smallest absolute Gasteiger partial charge is 0.349 e. The second-order valence-corrected chi connectivity index (χ2v) is 4.96. The van der Waals surface area contributed by atoms with E-state index in [1.165, 1.54) is 0 Å². The maximum atomic E-state index is 14.2. The summed E-state index contributed by atoms with van der Waals surface area (Å²) in [6, 6.07) is 0.683. The first-order valence-corrected chi connectivity index (χ1v) is 6.15. The van der Waals surface area contributed by atoms with Crippen LogP contribution >= 0.6 is 0 Å². The lowest BCUT2D eigenvalue weighted by atomic mass is 9.75.